The van der Waals surface area contributed by atoms with Crippen LogP contribution in [-0.4, -0.2) is 48.6 Å². The lowest BCUT2D eigenvalue weighted by Crippen LogP contribution is -2.68. The van der Waals surface area contributed by atoms with E-state index in [1.807, 2.05) is 42.5 Å². The monoisotopic (exact) mass is 597 g/mol. The topological polar surface area (TPSA) is 109 Å². The van der Waals surface area contributed by atoms with E-state index in [9.17, 15) is 14.4 Å². The Morgan fingerprint density at radius 2 is 1.47 bits per heavy atom. The number of ether oxygens (including phenoxy) is 2. The number of esters is 1. The Labute approximate surface area is 251 Å². The molecule has 0 saturated carbocycles. The Morgan fingerprint density at radius 1 is 0.907 bits per heavy atom. The van der Waals surface area contributed by atoms with E-state index in [-0.39, 0.29) is 23.4 Å². The van der Waals surface area contributed by atoms with Crippen molar-refractivity contribution in [3.05, 3.63) is 119 Å². The minimum atomic E-state index is -3.08. The van der Waals surface area contributed by atoms with Crippen molar-refractivity contribution in [3.63, 3.8) is 0 Å². The van der Waals surface area contributed by atoms with E-state index >= 15 is 0 Å². The van der Waals surface area contributed by atoms with Crippen LogP contribution in [0.1, 0.15) is 44.3 Å². The molecule has 0 unspecified atom stereocenters. The number of rotatable bonds is 8. The van der Waals surface area contributed by atoms with Crippen LogP contribution in [0.3, 0.4) is 0 Å². The second kappa shape index (κ2) is 12.5. The molecular formula is C33H35N3O6Si. The zero-order chi connectivity index (χ0) is 30.6. The van der Waals surface area contributed by atoms with Crippen LogP contribution in [-0.2, 0) is 18.7 Å². The van der Waals surface area contributed by atoms with E-state index < -0.39 is 38.4 Å². The van der Waals surface area contributed by atoms with Crippen LogP contribution >= 0.6 is 0 Å². The molecule has 1 fully saturated rings. The largest absolute Gasteiger partial charge is 0.451 e. The average Bonchev–Trinajstić information content (AvgIpc) is 3.37. The van der Waals surface area contributed by atoms with E-state index in [0.717, 1.165) is 10.4 Å². The zero-order valence-corrected chi connectivity index (χ0v) is 25.6. The third kappa shape index (κ3) is 6.22. The second-order valence-corrected chi connectivity index (χ2v) is 15.7. The fraction of sp³-hybridized carbons (Fsp3) is 0.273. The summed E-state index contributed by atoms with van der Waals surface area (Å²) in [4.78, 5) is 42.1. The minimum absolute atomic E-state index is 0.0712. The van der Waals surface area contributed by atoms with Gasteiger partial charge in [0.15, 0.2) is 12.3 Å². The molecule has 1 amide bonds. The molecular weight excluding hydrogens is 562 g/mol. The molecule has 1 aromatic heterocycles. The molecule has 0 radical (unpaired) electrons. The van der Waals surface area contributed by atoms with Gasteiger partial charge in [0.25, 0.3) is 8.32 Å². The summed E-state index contributed by atoms with van der Waals surface area (Å²) in [5.74, 6) is -0.798. The van der Waals surface area contributed by atoms with Crippen molar-refractivity contribution in [1.82, 2.24) is 9.55 Å². The van der Waals surface area contributed by atoms with Gasteiger partial charge in [0, 0.05) is 13.1 Å². The minimum Gasteiger partial charge on any atom is -0.451 e. The fourth-order valence-electron chi connectivity index (χ4n) is 5.58. The van der Waals surface area contributed by atoms with Crippen molar-refractivity contribution < 1.29 is 23.5 Å². The van der Waals surface area contributed by atoms with Crippen molar-refractivity contribution in [2.24, 2.45) is 0 Å². The first-order valence-corrected chi connectivity index (χ1v) is 16.0. The van der Waals surface area contributed by atoms with Gasteiger partial charge in [-0.15, -0.1) is 0 Å². The van der Waals surface area contributed by atoms with Crippen LogP contribution in [0.4, 0.5) is 5.82 Å². The average molecular weight is 598 g/mol. The van der Waals surface area contributed by atoms with Gasteiger partial charge in [0.1, 0.15) is 11.9 Å². The molecule has 43 heavy (non-hydrogen) atoms. The second-order valence-electron chi connectivity index (χ2n) is 11.5. The molecule has 0 spiro atoms. The molecule has 3 atom stereocenters. The smallest absolute Gasteiger partial charge is 0.351 e. The van der Waals surface area contributed by atoms with Gasteiger partial charge < -0.3 is 19.2 Å². The van der Waals surface area contributed by atoms with E-state index in [1.165, 1.54) is 23.8 Å². The van der Waals surface area contributed by atoms with Crippen LogP contribution in [0.2, 0.25) is 5.04 Å². The number of carbonyl (C=O) groups excluding carboxylic acids is 2. The molecule has 2 heterocycles. The molecule has 9 nitrogen and oxygen atoms in total. The van der Waals surface area contributed by atoms with E-state index in [0.29, 0.717) is 5.56 Å². The molecule has 1 aliphatic rings. The van der Waals surface area contributed by atoms with Gasteiger partial charge in [-0.3, -0.25) is 9.36 Å². The number of anilines is 1. The molecule has 5 rings (SSSR count). The summed E-state index contributed by atoms with van der Waals surface area (Å²) in [5.41, 5.74) is -0.299. The SMILES string of the molecule is CC(=O)Nc1ccn([C@@H]2OC[C@H](O[Si](c3ccccc3)(c3ccccc3)C(C)(C)C)[C@H]2OC(=O)c2ccccc2)c(=O)n1. The van der Waals surface area contributed by atoms with Gasteiger partial charge in [0.05, 0.1) is 12.2 Å². The summed E-state index contributed by atoms with van der Waals surface area (Å²) in [5, 5.41) is 4.28. The molecule has 1 aliphatic heterocycles. The quantitative estimate of drug-likeness (QED) is 0.242. The van der Waals surface area contributed by atoms with Gasteiger partial charge in [-0.1, -0.05) is 99.6 Å². The Hall–Kier alpha value is -4.38. The lowest BCUT2D eigenvalue weighted by Gasteiger charge is -2.45. The van der Waals surface area contributed by atoms with Crippen molar-refractivity contribution in [1.29, 1.82) is 0 Å². The fourth-order valence-corrected chi connectivity index (χ4v) is 10.3. The van der Waals surface area contributed by atoms with Crippen molar-refractivity contribution >= 4 is 36.4 Å². The van der Waals surface area contributed by atoms with Gasteiger partial charge in [0.2, 0.25) is 5.91 Å². The Morgan fingerprint density at radius 3 is 1.98 bits per heavy atom. The number of amides is 1. The molecule has 1 saturated heterocycles. The normalized spacial score (nSPS) is 18.7. The maximum absolute atomic E-state index is 13.4. The Balaban J connectivity index is 1.60. The van der Waals surface area contributed by atoms with Gasteiger partial charge in [-0.2, -0.15) is 4.98 Å². The number of hydrogen-bond donors (Lipinski definition) is 1. The van der Waals surface area contributed by atoms with Gasteiger partial charge in [-0.25, -0.2) is 9.59 Å². The highest BCUT2D eigenvalue weighted by Gasteiger charge is 2.55. The first kappa shape index (κ1) is 30.1. The standard InChI is InChI=1S/C33H35N3O6Si/c1-23(37)34-28-20-21-36(32(39)35-28)30-29(41-31(38)24-14-8-5-9-15-24)27(22-40-30)42-43(33(2,3)4,25-16-10-6-11-17-25)26-18-12-7-13-19-26/h5-21,27,29-30H,22H2,1-4H3,(H,34,35,37,39)/t27-,29+,30+/m0/s1. The first-order valence-electron chi connectivity index (χ1n) is 14.1. The number of nitrogens with one attached hydrogen (secondary N) is 1. The summed E-state index contributed by atoms with van der Waals surface area (Å²) in [7, 11) is -3.08. The van der Waals surface area contributed by atoms with Crippen molar-refractivity contribution in [2.45, 2.75) is 51.2 Å². The summed E-state index contributed by atoms with van der Waals surface area (Å²) < 4.78 is 20.9. The predicted octanol–water partition coefficient (Wildman–Crippen LogP) is 3.90. The number of aromatic nitrogens is 2. The number of carbonyl (C=O) groups is 2. The summed E-state index contributed by atoms with van der Waals surface area (Å²) in [6, 6.07) is 30.4. The van der Waals surface area contributed by atoms with Crippen molar-refractivity contribution in [3.8, 4) is 0 Å². The van der Waals surface area contributed by atoms with Crippen molar-refractivity contribution in [2.75, 3.05) is 11.9 Å². The number of nitrogens with zero attached hydrogens (tertiary/aromatic N) is 2. The molecule has 3 aromatic carbocycles. The van der Waals surface area contributed by atoms with E-state index in [1.54, 1.807) is 24.3 Å². The van der Waals surface area contributed by atoms with Gasteiger partial charge in [-0.05, 0) is 33.6 Å². The number of benzene rings is 3. The molecule has 1 N–H and O–H groups in total. The van der Waals surface area contributed by atoms with Crippen LogP contribution in [0, 0.1) is 0 Å². The summed E-state index contributed by atoms with van der Waals surface area (Å²) in [6.45, 7) is 7.88. The molecule has 10 heteroatoms. The molecule has 0 aliphatic carbocycles. The summed E-state index contributed by atoms with van der Waals surface area (Å²) in [6.07, 6.45) is -1.24. The van der Waals surface area contributed by atoms with E-state index in [4.69, 9.17) is 13.9 Å². The first-order chi connectivity index (χ1) is 20.6. The third-order valence-electron chi connectivity index (χ3n) is 7.48. The molecule has 222 valence electrons. The highest BCUT2D eigenvalue weighted by molar-refractivity contribution is 6.99. The zero-order valence-electron chi connectivity index (χ0n) is 24.6. The lowest BCUT2D eigenvalue weighted by molar-refractivity contribution is -0.114. The predicted molar refractivity (Wildman–Crippen MR) is 166 cm³/mol. The van der Waals surface area contributed by atoms with Crippen LogP contribution < -0.4 is 21.4 Å². The molecule has 0 bridgehead atoms. The number of hydrogen-bond acceptors (Lipinski definition) is 7. The maximum atomic E-state index is 13.4. The van der Waals surface area contributed by atoms with Crippen LogP contribution in [0.25, 0.3) is 0 Å². The van der Waals surface area contributed by atoms with E-state index in [2.05, 4.69) is 55.3 Å². The highest BCUT2D eigenvalue weighted by atomic mass is 28.4. The molecule has 4 aromatic rings. The van der Waals surface area contributed by atoms with Crippen LogP contribution in [0.5, 0.6) is 0 Å². The Bertz CT molecular complexity index is 1580. The maximum Gasteiger partial charge on any atom is 0.351 e. The third-order valence-corrected chi connectivity index (χ3v) is 12.5. The van der Waals surface area contributed by atoms with Gasteiger partial charge >= 0.3 is 11.7 Å². The lowest BCUT2D eigenvalue weighted by atomic mass is 10.2. The highest BCUT2D eigenvalue weighted by Crippen LogP contribution is 2.40. The Kier molecular flexibility index (Phi) is 8.72. The van der Waals surface area contributed by atoms with Crippen LogP contribution in [0.15, 0.2) is 108 Å². The summed E-state index contributed by atoms with van der Waals surface area (Å²) >= 11 is 0.